The number of fused-ring (bicyclic) bond motifs is 4. The number of hydrogen-bond acceptors (Lipinski definition) is 5. The molecule has 1 saturated heterocycles. The number of methoxy groups -OCH3 is 1. The Bertz CT molecular complexity index is 973. The highest BCUT2D eigenvalue weighted by Gasteiger charge is 2.54. The van der Waals surface area contributed by atoms with Crippen LogP contribution in [0.4, 0.5) is 0 Å². The molecule has 2 aliphatic rings. The molecule has 1 N–H and O–H groups in total. The molecular weight excluding hydrogens is 354 g/mol. The van der Waals surface area contributed by atoms with Gasteiger partial charge in [-0.25, -0.2) is 8.42 Å². The van der Waals surface area contributed by atoms with E-state index in [1.165, 1.54) is 19.2 Å². The Morgan fingerprint density at radius 3 is 2.58 bits per heavy atom. The van der Waals surface area contributed by atoms with Gasteiger partial charge in [0.2, 0.25) is 5.91 Å². The maximum Gasteiger partial charge on any atom is 0.242 e. The highest BCUT2D eigenvalue weighted by Crippen LogP contribution is 2.50. The molecular formula is C19H19NO5S. The van der Waals surface area contributed by atoms with Gasteiger partial charge in [-0.2, -0.15) is 0 Å². The van der Waals surface area contributed by atoms with Gasteiger partial charge < -0.3 is 14.8 Å². The van der Waals surface area contributed by atoms with E-state index in [0.29, 0.717) is 23.5 Å². The summed E-state index contributed by atoms with van der Waals surface area (Å²) in [5.41, 5.74) is -0.285. The zero-order valence-electron chi connectivity index (χ0n) is 14.4. The van der Waals surface area contributed by atoms with Crippen molar-refractivity contribution >= 4 is 15.7 Å². The van der Waals surface area contributed by atoms with Crippen LogP contribution in [0.5, 0.6) is 11.5 Å². The van der Waals surface area contributed by atoms with Crippen molar-refractivity contribution in [1.29, 1.82) is 0 Å². The number of piperidine rings is 1. The van der Waals surface area contributed by atoms with Crippen molar-refractivity contribution in [1.82, 2.24) is 5.32 Å². The number of benzene rings is 2. The van der Waals surface area contributed by atoms with Crippen molar-refractivity contribution in [3.8, 4) is 11.5 Å². The molecule has 2 bridgehead atoms. The fourth-order valence-electron chi connectivity index (χ4n) is 3.87. The Labute approximate surface area is 152 Å². The number of carbonyl (C=O) groups excluding carboxylic acids is 1. The third-order valence-corrected chi connectivity index (χ3v) is 7.12. The van der Waals surface area contributed by atoms with Crippen LogP contribution in [0.3, 0.4) is 0 Å². The minimum absolute atomic E-state index is 0.139. The van der Waals surface area contributed by atoms with E-state index >= 15 is 0 Å². The van der Waals surface area contributed by atoms with Crippen LogP contribution >= 0.6 is 0 Å². The van der Waals surface area contributed by atoms with Gasteiger partial charge in [0.1, 0.15) is 0 Å². The lowest BCUT2D eigenvalue weighted by Crippen LogP contribution is -2.63. The molecule has 136 valence electrons. The second-order valence-electron chi connectivity index (χ2n) is 6.79. The first-order chi connectivity index (χ1) is 12.4. The molecule has 26 heavy (non-hydrogen) atoms. The minimum Gasteiger partial charge on any atom is -0.493 e. The van der Waals surface area contributed by atoms with E-state index in [4.69, 9.17) is 9.47 Å². The number of carbonyl (C=O) groups is 1. The summed E-state index contributed by atoms with van der Waals surface area (Å²) in [7, 11) is -2.33. The van der Waals surface area contributed by atoms with Crippen LogP contribution in [0, 0.1) is 0 Å². The fraction of sp³-hybridized carbons (Fsp3) is 0.316. The van der Waals surface area contributed by atoms with Gasteiger partial charge in [0.05, 0.1) is 12.0 Å². The van der Waals surface area contributed by atoms with E-state index < -0.39 is 32.6 Å². The first-order valence-corrected chi connectivity index (χ1v) is 9.87. The van der Waals surface area contributed by atoms with E-state index in [1.54, 1.807) is 43.3 Å². The van der Waals surface area contributed by atoms with Crippen molar-refractivity contribution in [3.63, 3.8) is 0 Å². The smallest absolute Gasteiger partial charge is 0.242 e. The number of amides is 1. The Morgan fingerprint density at radius 2 is 1.88 bits per heavy atom. The summed E-state index contributed by atoms with van der Waals surface area (Å²) in [6.07, 6.45) is 0.371. The molecule has 2 aliphatic heterocycles. The van der Waals surface area contributed by atoms with Crippen LogP contribution in [0.15, 0.2) is 53.4 Å². The summed E-state index contributed by atoms with van der Waals surface area (Å²) >= 11 is 0. The van der Waals surface area contributed by atoms with Crippen molar-refractivity contribution in [3.05, 3.63) is 54.1 Å². The summed E-state index contributed by atoms with van der Waals surface area (Å²) in [6, 6.07) is 13.4. The highest BCUT2D eigenvalue weighted by atomic mass is 32.2. The van der Waals surface area contributed by atoms with Crippen LogP contribution < -0.4 is 14.8 Å². The summed E-state index contributed by atoms with van der Waals surface area (Å²) in [5.74, 6) is -0.0497. The Hall–Kier alpha value is -2.54. The molecule has 0 saturated carbocycles. The molecule has 2 aromatic rings. The topological polar surface area (TPSA) is 81.7 Å². The zero-order chi connectivity index (χ0) is 18.5. The Balaban J connectivity index is 1.89. The first kappa shape index (κ1) is 16.9. The van der Waals surface area contributed by atoms with Crippen molar-refractivity contribution < 1.29 is 22.7 Å². The van der Waals surface area contributed by atoms with Gasteiger partial charge in [0.25, 0.3) is 0 Å². The zero-order valence-corrected chi connectivity index (χ0v) is 15.2. The summed E-state index contributed by atoms with van der Waals surface area (Å²) < 4.78 is 37.8. The van der Waals surface area contributed by atoms with Crippen molar-refractivity contribution in [2.45, 2.75) is 35.1 Å². The van der Waals surface area contributed by atoms with Gasteiger partial charge in [-0.15, -0.1) is 0 Å². The molecule has 4 rings (SSSR count). The van der Waals surface area contributed by atoms with Crippen LogP contribution in [0.1, 0.15) is 24.8 Å². The quantitative estimate of drug-likeness (QED) is 0.892. The standard InChI is InChI=1S/C19H19NO5S/c1-19-11-14(13-9-6-10-15(24-2)16(13)25-19)17(18(21)20-19)26(22,23)12-7-4-3-5-8-12/h3-10,14,17H,11H2,1-2H3,(H,20,21)/t14-,17-,19+/m1/s1. The molecule has 0 aliphatic carbocycles. The fourth-order valence-corrected chi connectivity index (χ4v) is 5.71. The second-order valence-corrected chi connectivity index (χ2v) is 8.86. The Morgan fingerprint density at radius 1 is 1.15 bits per heavy atom. The van der Waals surface area contributed by atoms with Gasteiger partial charge in [0.15, 0.2) is 32.3 Å². The molecule has 1 fully saturated rings. The number of sulfone groups is 1. The van der Waals surface area contributed by atoms with E-state index in [2.05, 4.69) is 5.32 Å². The maximum absolute atomic E-state index is 13.2. The molecule has 2 aromatic carbocycles. The van der Waals surface area contributed by atoms with Gasteiger partial charge in [0, 0.05) is 17.9 Å². The van der Waals surface area contributed by atoms with Crippen LogP contribution in [-0.4, -0.2) is 32.4 Å². The lowest BCUT2D eigenvalue weighted by Gasteiger charge is -2.47. The molecule has 0 unspecified atom stereocenters. The van der Waals surface area contributed by atoms with E-state index in [9.17, 15) is 13.2 Å². The predicted octanol–water partition coefficient (Wildman–Crippen LogP) is 2.25. The van der Waals surface area contributed by atoms with Gasteiger partial charge in [-0.1, -0.05) is 30.3 Å². The first-order valence-electron chi connectivity index (χ1n) is 8.33. The monoisotopic (exact) mass is 373 g/mol. The van der Waals surface area contributed by atoms with Crippen molar-refractivity contribution in [2.24, 2.45) is 0 Å². The third kappa shape index (κ3) is 2.46. The van der Waals surface area contributed by atoms with E-state index in [-0.39, 0.29) is 4.90 Å². The second kappa shape index (κ2) is 5.74. The average Bonchev–Trinajstić information content (AvgIpc) is 2.61. The average molecular weight is 373 g/mol. The lowest BCUT2D eigenvalue weighted by molar-refractivity contribution is -0.132. The molecule has 3 atom stereocenters. The predicted molar refractivity (Wildman–Crippen MR) is 94.9 cm³/mol. The lowest BCUT2D eigenvalue weighted by atomic mass is 9.81. The molecule has 2 heterocycles. The summed E-state index contributed by atoms with van der Waals surface area (Å²) in [5, 5.41) is 1.53. The number of nitrogens with one attached hydrogen (secondary N) is 1. The molecule has 1 amide bonds. The largest absolute Gasteiger partial charge is 0.493 e. The van der Waals surface area contributed by atoms with Crippen molar-refractivity contribution in [2.75, 3.05) is 7.11 Å². The van der Waals surface area contributed by atoms with E-state index in [0.717, 1.165) is 0 Å². The number of rotatable bonds is 3. The number of hydrogen-bond donors (Lipinski definition) is 1. The third-order valence-electron chi connectivity index (χ3n) is 4.98. The van der Waals surface area contributed by atoms with Gasteiger partial charge in [-0.3, -0.25) is 4.79 Å². The Kier molecular flexibility index (Phi) is 3.73. The maximum atomic E-state index is 13.2. The summed E-state index contributed by atoms with van der Waals surface area (Å²) in [4.78, 5) is 12.9. The van der Waals surface area contributed by atoms with E-state index in [1.807, 2.05) is 0 Å². The van der Waals surface area contributed by atoms with Crippen LogP contribution in [0.25, 0.3) is 0 Å². The molecule has 0 radical (unpaired) electrons. The SMILES string of the molecule is COc1cccc2c1O[C@@]1(C)C[C@H]2[C@@H](S(=O)(=O)c2ccccc2)C(=O)N1. The molecule has 6 nitrogen and oxygen atoms in total. The van der Waals surface area contributed by atoms with Crippen LogP contribution in [-0.2, 0) is 14.6 Å². The molecule has 7 heteroatoms. The normalized spacial score (nSPS) is 27.1. The van der Waals surface area contributed by atoms with Gasteiger partial charge >= 0.3 is 0 Å². The molecule has 0 spiro atoms. The minimum atomic E-state index is -3.86. The number of ether oxygens (including phenoxy) is 2. The summed E-state index contributed by atoms with van der Waals surface area (Å²) in [6.45, 7) is 1.75. The number of para-hydroxylation sites is 1. The van der Waals surface area contributed by atoms with Crippen LogP contribution in [0.2, 0.25) is 0 Å². The van der Waals surface area contributed by atoms with Gasteiger partial charge in [-0.05, 0) is 25.1 Å². The molecule has 0 aromatic heterocycles. The highest BCUT2D eigenvalue weighted by molar-refractivity contribution is 7.92.